The average molecular weight is 540 g/mol. The van der Waals surface area contributed by atoms with Crippen molar-refractivity contribution in [3.05, 3.63) is 46.1 Å². The zero-order valence-corrected chi connectivity index (χ0v) is 20.1. The van der Waals surface area contributed by atoms with Crippen LogP contribution in [-0.4, -0.2) is 41.6 Å². The lowest BCUT2D eigenvalue weighted by Crippen LogP contribution is -2.42. The molecule has 156 valence electrons. The molecule has 28 heavy (non-hydrogen) atoms. The van der Waals surface area contributed by atoms with Gasteiger partial charge in [-0.15, -0.1) is 24.0 Å². The van der Waals surface area contributed by atoms with Crippen molar-refractivity contribution >= 4 is 53.1 Å². The van der Waals surface area contributed by atoms with Gasteiger partial charge in [-0.3, -0.25) is 4.90 Å². The lowest BCUT2D eigenvalue weighted by atomic mass is 10.2. The van der Waals surface area contributed by atoms with Crippen LogP contribution < -0.4 is 10.6 Å². The Labute approximate surface area is 193 Å². The summed E-state index contributed by atoms with van der Waals surface area (Å²) in [6.45, 7) is 6.26. The Balaban J connectivity index is 0.00000280. The first kappa shape index (κ1) is 23.4. The van der Waals surface area contributed by atoms with E-state index in [2.05, 4.69) is 27.4 Å². The summed E-state index contributed by atoms with van der Waals surface area (Å²) in [5, 5.41) is 7.84. The van der Waals surface area contributed by atoms with Gasteiger partial charge in [-0.2, -0.15) is 0 Å². The number of aromatic nitrogens is 1. The normalized spacial score (nSPS) is 16.1. The lowest BCUT2D eigenvalue weighted by molar-refractivity contribution is 0.215. The minimum atomic E-state index is 0. The number of hydrogen-bond acceptors (Lipinski definition) is 3. The van der Waals surface area contributed by atoms with E-state index in [-0.39, 0.29) is 30.0 Å². The minimum Gasteiger partial charge on any atom is -0.468 e. The highest BCUT2D eigenvalue weighted by Crippen LogP contribution is 2.26. The van der Waals surface area contributed by atoms with Gasteiger partial charge in [0, 0.05) is 25.8 Å². The number of likely N-dealkylation sites (tertiary alicyclic amines) is 1. The maximum atomic E-state index is 6.14. The van der Waals surface area contributed by atoms with Crippen LogP contribution in [0.4, 0.5) is 0 Å². The second-order valence-corrected chi connectivity index (χ2v) is 7.45. The maximum Gasteiger partial charge on any atom is 0.191 e. The van der Waals surface area contributed by atoms with Crippen LogP contribution in [0, 0.1) is 0 Å². The number of nitrogens with zero attached hydrogens (tertiary/aromatic N) is 3. The number of guanidine groups is 1. The van der Waals surface area contributed by atoms with Crippen molar-refractivity contribution in [3.8, 4) is 0 Å². The molecule has 0 amide bonds. The molecule has 3 rings (SSSR count). The number of nitrogens with one attached hydrogen (secondary N) is 2. The van der Waals surface area contributed by atoms with Gasteiger partial charge in [0.1, 0.15) is 10.9 Å². The van der Waals surface area contributed by atoms with Gasteiger partial charge < -0.3 is 19.6 Å². The van der Waals surface area contributed by atoms with Crippen molar-refractivity contribution in [3.63, 3.8) is 0 Å². The van der Waals surface area contributed by atoms with Gasteiger partial charge in [0.25, 0.3) is 0 Å². The smallest absolute Gasteiger partial charge is 0.191 e. The average Bonchev–Trinajstić information content (AvgIpc) is 3.41. The van der Waals surface area contributed by atoms with Crippen molar-refractivity contribution in [1.82, 2.24) is 20.1 Å². The predicted molar refractivity (Wildman–Crippen MR) is 126 cm³/mol. The van der Waals surface area contributed by atoms with Crippen LogP contribution in [0.25, 0.3) is 0 Å². The van der Waals surface area contributed by atoms with E-state index in [0.29, 0.717) is 16.7 Å². The van der Waals surface area contributed by atoms with Gasteiger partial charge >= 0.3 is 0 Å². The first-order valence-electron chi connectivity index (χ1n) is 9.39. The van der Waals surface area contributed by atoms with E-state index in [1.807, 2.05) is 29.8 Å². The Morgan fingerprint density at radius 3 is 2.61 bits per heavy atom. The third-order valence-corrected chi connectivity index (χ3v) is 5.72. The molecular weight excluding hydrogens is 512 g/mol. The molecule has 0 bridgehead atoms. The summed E-state index contributed by atoms with van der Waals surface area (Å²) in [6.07, 6.45) is 4.21. The van der Waals surface area contributed by atoms with Crippen molar-refractivity contribution in [2.45, 2.75) is 32.4 Å². The Kier molecular flexibility index (Phi) is 9.46. The second kappa shape index (κ2) is 11.3. The number of aliphatic imine (C=N–C) groups is 1. The number of halogens is 3. The first-order chi connectivity index (χ1) is 13.1. The maximum absolute atomic E-state index is 6.14. The summed E-state index contributed by atoms with van der Waals surface area (Å²) in [6, 6.07) is 6.04. The van der Waals surface area contributed by atoms with Crippen LogP contribution in [-0.2, 0) is 13.6 Å². The van der Waals surface area contributed by atoms with Crippen LogP contribution in [0.15, 0.2) is 33.9 Å². The molecule has 3 heterocycles. The van der Waals surface area contributed by atoms with Crippen molar-refractivity contribution in [1.29, 1.82) is 0 Å². The summed E-state index contributed by atoms with van der Waals surface area (Å²) in [5.74, 6) is 1.75. The monoisotopic (exact) mass is 539 g/mol. The fraction of sp³-hybridized carbons (Fsp3) is 0.526. The van der Waals surface area contributed by atoms with Gasteiger partial charge in [-0.1, -0.05) is 23.2 Å². The Morgan fingerprint density at radius 2 is 2.04 bits per heavy atom. The van der Waals surface area contributed by atoms with E-state index in [9.17, 15) is 0 Å². The van der Waals surface area contributed by atoms with Gasteiger partial charge in [0.2, 0.25) is 0 Å². The molecule has 1 aliphatic heterocycles. The van der Waals surface area contributed by atoms with Crippen LogP contribution in [0.5, 0.6) is 0 Å². The van der Waals surface area contributed by atoms with Gasteiger partial charge in [0.15, 0.2) is 5.96 Å². The molecule has 2 N–H and O–H groups in total. The standard InChI is InChI=1S/C19H27Cl2N5O.HI/c1-3-22-19(23-12-14-11-15(20)18(21)25(14)2)24-13-16(17-7-6-10-27-17)26-8-4-5-9-26;/h6-7,10-11,16H,3-5,8-9,12-13H2,1-2H3,(H2,22,23,24);1H. The number of rotatable bonds is 7. The molecule has 1 fully saturated rings. The lowest BCUT2D eigenvalue weighted by Gasteiger charge is -2.26. The molecule has 0 aromatic carbocycles. The van der Waals surface area contributed by atoms with Crippen molar-refractivity contribution in [2.24, 2.45) is 12.0 Å². The third kappa shape index (κ3) is 5.81. The third-order valence-electron chi connectivity index (χ3n) is 4.87. The highest BCUT2D eigenvalue weighted by Gasteiger charge is 2.25. The van der Waals surface area contributed by atoms with E-state index >= 15 is 0 Å². The summed E-state index contributed by atoms with van der Waals surface area (Å²) < 4.78 is 7.54. The minimum absolute atomic E-state index is 0. The summed E-state index contributed by atoms with van der Waals surface area (Å²) in [5.41, 5.74) is 0.962. The molecule has 0 saturated carbocycles. The summed E-state index contributed by atoms with van der Waals surface area (Å²) >= 11 is 12.2. The van der Waals surface area contributed by atoms with E-state index in [4.69, 9.17) is 27.6 Å². The van der Waals surface area contributed by atoms with Crippen LogP contribution >= 0.6 is 47.2 Å². The zero-order valence-electron chi connectivity index (χ0n) is 16.3. The second-order valence-electron chi connectivity index (χ2n) is 6.68. The molecule has 9 heteroatoms. The fourth-order valence-electron chi connectivity index (χ4n) is 3.38. The molecule has 0 spiro atoms. The predicted octanol–water partition coefficient (Wildman–Crippen LogP) is 4.44. The van der Waals surface area contributed by atoms with E-state index in [1.54, 1.807) is 6.26 Å². The largest absolute Gasteiger partial charge is 0.468 e. The molecule has 0 aliphatic carbocycles. The van der Waals surface area contributed by atoms with Crippen LogP contribution in [0.3, 0.4) is 0 Å². The van der Waals surface area contributed by atoms with E-state index in [0.717, 1.165) is 43.6 Å². The first-order valence-corrected chi connectivity index (χ1v) is 10.1. The Bertz CT molecular complexity index is 757. The van der Waals surface area contributed by atoms with E-state index in [1.165, 1.54) is 12.8 Å². The van der Waals surface area contributed by atoms with Crippen molar-refractivity contribution in [2.75, 3.05) is 26.2 Å². The number of furan rings is 1. The molecule has 2 aromatic heterocycles. The fourth-order valence-corrected chi connectivity index (χ4v) is 3.80. The molecule has 0 radical (unpaired) electrons. The summed E-state index contributed by atoms with van der Waals surface area (Å²) in [7, 11) is 1.89. The molecule has 1 unspecified atom stereocenters. The highest BCUT2D eigenvalue weighted by atomic mass is 127. The SMILES string of the molecule is CCNC(=NCc1cc(Cl)c(Cl)n1C)NCC(c1ccco1)N1CCCC1.I. The van der Waals surface area contributed by atoms with Crippen LogP contribution in [0.2, 0.25) is 10.2 Å². The van der Waals surface area contributed by atoms with Gasteiger partial charge in [-0.05, 0) is 51.1 Å². The molecule has 1 saturated heterocycles. The Hall–Kier alpha value is -0.900. The van der Waals surface area contributed by atoms with Gasteiger partial charge in [0.05, 0.1) is 23.9 Å². The molecule has 1 aliphatic rings. The summed E-state index contributed by atoms with van der Waals surface area (Å²) in [4.78, 5) is 7.15. The highest BCUT2D eigenvalue weighted by molar-refractivity contribution is 14.0. The zero-order chi connectivity index (χ0) is 19.2. The molecular formula is C19H28Cl2IN5O. The molecule has 6 nitrogen and oxygen atoms in total. The van der Waals surface area contributed by atoms with E-state index < -0.39 is 0 Å². The quantitative estimate of drug-likeness (QED) is 0.310. The molecule has 1 atom stereocenters. The van der Waals surface area contributed by atoms with Gasteiger partial charge in [-0.25, -0.2) is 4.99 Å². The Morgan fingerprint density at radius 1 is 1.29 bits per heavy atom. The molecule has 2 aromatic rings. The topological polar surface area (TPSA) is 57.7 Å². The number of hydrogen-bond donors (Lipinski definition) is 2. The van der Waals surface area contributed by atoms with Crippen molar-refractivity contribution < 1.29 is 4.42 Å². The van der Waals surface area contributed by atoms with Crippen LogP contribution in [0.1, 0.15) is 37.3 Å².